The van der Waals surface area contributed by atoms with E-state index in [-0.39, 0.29) is 24.4 Å². The van der Waals surface area contributed by atoms with E-state index in [4.69, 9.17) is 4.74 Å². The van der Waals surface area contributed by atoms with Gasteiger partial charge >= 0.3 is 0 Å². The molecule has 1 heterocycles. The van der Waals surface area contributed by atoms with Crippen LogP contribution in [0.25, 0.3) is 0 Å². The molecule has 1 aliphatic heterocycles. The van der Waals surface area contributed by atoms with E-state index >= 15 is 0 Å². The summed E-state index contributed by atoms with van der Waals surface area (Å²) in [4.78, 5) is 12.3. The molecule has 130 valence electrons. The first-order valence-electron chi connectivity index (χ1n) is 8.26. The van der Waals surface area contributed by atoms with E-state index in [1.54, 1.807) is 0 Å². The molecular formula is C18H29ClN2O2. The van der Waals surface area contributed by atoms with Crippen molar-refractivity contribution in [3.8, 4) is 5.75 Å². The van der Waals surface area contributed by atoms with Crippen molar-refractivity contribution < 1.29 is 9.53 Å². The van der Waals surface area contributed by atoms with Crippen LogP contribution in [0.4, 0.5) is 0 Å². The van der Waals surface area contributed by atoms with Crippen molar-refractivity contribution in [2.24, 2.45) is 0 Å². The number of carbonyl (C=O) groups excluding carboxylic acids is 1. The van der Waals surface area contributed by atoms with Crippen molar-refractivity contribution in [2.75, 3.05) is 6.54 Å². The van der Waals surface area contributed by atoms with Gasteiger partial charge in [-0.1, -0.05) is 26.0 Å². The lowest BCUT2D eigenvalue weighted by Gasteiger charge is -2.29. The SMILES string of the molecule is CC1CC(NC(=O)C(C)Oc2cccc(C(C)C)c2)CCN1.Cl. The predicted molar refractivity (Wildman–Crippen MR) is 96.5 cm³/mol. The molecule has 3 unspecified atom stereocenters. The van der Waals surface area contributed by atoms with Gasteiger partial charge in [0, 0.05) is 12.1 Å². The van der Waals surface area contributed by atoms with Crippen LogP contribution in [-0.2, 0) is 4.79 Å². The highest BCUT2D eigenvalue weighted by Gasteiger charge is 2.23. The Morgan fingerprint density at radius 3 is 2.74 bits per heavy atom. The van der Waals surface area contributed by atoms with E-state index in [0.717, 1.165) is 25.1 Å². The van der Waals surface area contributed by atoms with Gasteiger partial charge in [0.05, 0.1) is 0 Å². The number of halogens is 1. The van der Waals surface area contributed by atoms with Gasteiger partial charge in [-0.3, -0.25) is 4.79 Å². The number of rotatable bonds is 5. The number of ether oxygens (including phenoxy) is 1. The Morgan fingerprint density at radius 1 is 1.35 bits per heavy atom. The third-order valence-corrected chi connectivity index (χ3v) is 4.18. The van der Waals surface area contributed by atoms with Crippen LogP contribution < -0.4 is 15.4 Å². The van der Waals surface area contributed by atoms with Crippen LogP contribution >= 0.6 is 12.4 Å². The molecule has 1 aromatic carbocycles. The Hall–Kier alpha value is -1.26. The third-order valence-electron chi connectivity index (χ3n) is 4.18. The highest BCUT2D eigenvalue weighted by atomic mass is 35.5. The molecule has 0 radical (unpaired) electrons. The second-order valence-corrected chi connectivity index (χ2v) is 6.57. The summed E-state index contributed by atoms with van der Waals surface area (Å²) < 4.78 is 5.81. The lowest BCUT2D eigenvalue weighted by Crippen LogP contribution is -2.49. The molecular weight excluding hydrogens is 312 g/mol. The molecule has 1 aromatic rings. The third kappa shape index (κ3) is 6.04. The second kappa shape index (κ2) is 9.14. The van der Waals surface area contributed by atoms with E-state index in [1.165, 1.54) is 5.56 Å². The van der Waals surface area contributed by atoms with Crippen molar-refractivity contribution in [2.45, 2.75) is 64.6 Å². The molecule has 0 saturated carbocycles. The maximum absolute atomic E-state index is 12.3. The molecule has 2 N–H and O–H groups in total. The minimum atomic E-state index is -0.479. The normalized spacial score (nSPS) is 22.1. The molecule has 1 fully saturated rings. The number of piperidine rings is 1. The van der Waals surface area contributed by atoms with Crippen LogP contribution in [0.2, 0.25) is 0 Å². The summed E-state index contributed by atoms with van der Waals surface area (Å²) >= 11 is 0. The average Bonchev–Trinajstić information content (AvgIpc) is 2.47. The fourth-order valence-electron chi connectivity index (χ4n) is 2.79. The van der Waals surface area contributed by atoms with Gasteiger partial charge in [0.1, 0.15) is 5.75 Å². The van der Waals surface area contributed by atoms with Crippen LogP contribution in [0.15, 0.2) is 24.3 Å². The Balaban J connectivity index is 0.00000264. The van der Waals surface area contributed by atoms with Crippen LogP contribution in [0.5, 0.6) is 5.75 Å². The minimum Gasteiger partial charge on any atom is -0.481 e. The van der Waals surface area contributed by atoms with Gasteiger partial charge in [0.15, 0.2) is 6.10 Å². The molecule has 1 saturated heterocycles. The molecule has 0 bridgehead atoms. The highest BCUT2D eigenvalue weighted by Crippen LogP contribution is 2.21. The summed E-state index contributed by atoms with van der Waals surface area (Å²) in [6, 6.07) is 8.68. The van der Waals surface area contributed by atoms with Crippen molar-refractivity contribution in [3.05, 3.63) is 29.8 Å². The van der Waals surface area contributed by atoms with Gasteiger partial charge in [-0.2, -0.15) is 0 Å². The van der Waals surface area contributed by atoms with E-state index in [9.17, 15) is 4.79 Å². The molecule has 0 spiro atoms. The lowest BCUT2D eigenvalue weighted by molar-refractivity contribution is -0.128. The zero-order valence-corrected chi connectivity index (χ0v) is 15.3. The number of benzene rings is 1. The molecule has 1 amide bonds. The summed E-state index contributed by atoms with van der Waals surface area (Å²) in [5.41, 5.74) is 1.22. The van der Waals surface area contributed by atoms with E-state index in [1.807, 2.05) is 25.1 Å². The summed E-state index contributed by atoms with van der Waals surface area (Å²) in [7, 11) is 0. The smallest absolute Gasteiger partial charge is 0.260 e. The number of carbonyl (C=O) groups is 1. The Labute approximate surface area is 145 Å². The fourth-order valence-corrected chi connectivity index (χ4v) is 2.79. The number of nitrogens with one attached hydrogen (secondary N) is 2. The van der Waals surface area contributed by atoms with Crippen LogP contribution in [0.3, 0.4) is 0 Å². The topological polar surface area (TPSA) is 50.4 Å². The van der Waals surface area contributed by atoms with Crippen LogP contribution in [0.1, 0.15) is 52.0 Å². The van der Waals surface area contributed by atoms with Crippen molar-refractivity contribution >= 4 is 18.3 Å². The number of amides is 1. The summed E-state index contributed by atoms with van der Waals surface area (Å²) in [5.74, 6) is 1.17. The molecule has 2 rings (SSSR count). The van der Waals surface area contributed by atoms with Gasteiger partial charge in [0.2, 0.25) is 0 Å². The van der Waals surface area contributed by atoms with Crippen molar-refractivity contribution in [1.82, 2.24) is 10.6 Å². The maximum Gasteiger partial charge on any atom is 0.260 e. The second-order valence-electron chi connectivity index (χ2n) is 6.57. The first-order valence-corrected chi connectivity index (χ1v) is 8.26. The van der Waals surface area contributed by atoms with Crippen LogP contribution in [0, 0.1) is 0 Å². The minimum absolute atomic E-state index is 0. The molecule has 1 aliphatic rings. The monoisotopic (exact) mass is 340 g/mol. The molecule has 3 atom stereocenters. The first kappa shape index (κ1) is 19.8. The van der Waals surface area contributed by atoms with Gasteiger partial charge in [0.25, 0.3) is 5.91 Å². The quantitative estimate of drug-likeness (QED) is 0.865. The van der Waals surface area contributed by atoms with E-state index in [2.05, 4.69) is 37.5 Å². The average molecular weight is 341 g/mol. The van der Waals surface area contributed by atoms with E-state index < -0.39 is 6.10 Å². The zero-order chi connectivity index (χ0) is 16.1. The number of hydrogen-bond acceptors (Lipinski definition) is 3. The van der Waals surface area contributed by atoms with Gasteiger partial charge in [-0.25, -0.2) is 0 Å². The van der Waals surface area contributed by atoms with Crippen LogP contribution in [-0.4, -0.2) is 30.6 Å². The predicted octanol–water partition coefficient (Wildman–Crippen LogP) is 3.26. The molecule has 0 aromatic heterocycles. The highest BCUT2D eigenvalue weighted by molar-refractivity contribution is 5.85. The fraction of sp³-hybridized carbons (Fsp3) is 0.611. The maximum atomic E-state index is 12.3. The van der Waals surface area contributed by atoms with Crippen molar-refractivity contribution in [3.63, 3.8) is 0 Å². The zero-order valence-electron chi connectivity index (χ0n) is 14.5. The van der Waals surface area contributed by atoms with Gasteiger partial charge in [-0.15, -0.1) is 12.4 Å². The molecule has 5 heteroatoms. The lowest BCUT2D eigenvalue weighted by atomic mass is 10.0. The number of hydrogen-bond donors (Lipinski definition) is 2. The summed E-state index contributed by atoms with van der Waals surface area (Å²) in [5, 5.41) is 6.49. The standard InChI is InChI=1S/C18H28N2O2.ClH/c1-12(2)15-6-5-7-17(11-15)22-14(4)18(21)20-16-8-9-19-13(3)10-16;/h5-7,11-14,16,19H,8-10H2,1-4H3,(H,20,21);1H. The Kier molecular flexibility index (Phi) is 7.86. The molecule has 0 aliphatic carbocycles. The summed E-state index contributed by atoms with van der Waals surface area (Å²) in [6.45, 7) is 9.20. The first-order chi connectivity index (χ1) is 10.5. The Bertz CT molecular complexity index is 508. The largest absolute Gasteiger partial charge is 0.481 e. The van der Waals surface area contributed by atoms with Gasteiger partial charge in [-0.05, 0) is 56.8 Å². The summed E-state index contributed by atoms with van der Waals surface area (Å²) in [6.07, 6.45) is 1.47. The van der Waals surface area contributed by atoms with Crippen molar-refractivity contribution in [1.29, 1.82) is 0 Å². The Morgan fingerprint density at radius 2 is 2.09 bits per heavy atom. The van der Waals surface area contributed by atoms with E-state index in [0.29, 0.717) is 12.0 Å². The molecule has 4 nitrogen and oxygen atoms in total. The van der Waals surface area contributed by atoms with Gasteiger partial charge < -0.3 is 15.4 Å². The molecule has 23 heavy (non-hydrogen) atoms.